The number of hydrogen-bond donors (Lipinski definition) is 0. The van der Waals surface area contributed by atoms with Crippen molar-refractivity contribution in [1.29, 1.82) is 0 Å². The third-order valence-electron chi connectivity index (χ3n) is 7.34. The predicted octanol–water partition coefficient (Wildman–Crippen LogP) is 6.81. The van der Waals surface area contributed by atoms with Crippen LogP contribution in [0.15, 0.2) is 57.7 Å². The van der Waals surface area contributed by atoms with Gasteiger partial charge in [-0.1, -0.05) is 64.3 Å². The summed E-state index contributed by atoms with van der Waals surface area (Å²) in [4.78, 5) is 31.8. The minimum absolute atomic E-state index is 0.132. The second kappa shape index (κ2) is 13.6. The van der Waals surface area contributed by atoms with Crippen molar-refractivity contribution in [1.82, 2.24) is 9.80 Å². The van der Waals surface area contributed by atoms with Gasteiger partial charge in [0.05, 0.1) is 23.6 Å². The molecule has 4 rings (SSSR count). The van der Waals surface area contributed by atoms with Gasteiger partial charge < -0.3 is 19.0 Å². The lowest BCUT2D eigenvalue weighted by Crippen LogP contribution is -2.34. The van der Waals surface area contributed by atoms with E-state index in [1.54, 1.807) is 12.1 Å². The zero-order chi connectivity index (χ0) is 26.9. The van der Waals surface area contributed by atoms with Crippen LogP contribution in [0.4, 0.5) is 0 Å². The first-order chi connectivity index (χ1) is 18.6. The first-order valence-electron chi connectivity index (χ1n) is 14.4. The molecule has 1 unspecified atom stereocenters. The molecular formula is C32H42N2O4. The Bertz CT molecular complexity index is 1260. The maximum Gasteiger partial charge on any atom is 0.290 e. The van der Waals surface area contributed by atoms with E-state index in [1.807, 2.05) is 41.3 Å². The Balaban J connectivity index is 1.65. The van der Waals surface area contributed by atoms with Crippen molar-refractivity contribution in [3.8, 4) is 5.75 Å². The second-order valence-electron chi connectivity index (χ2n) is 10.2. The Morgan fingerprint density at radius 3 is 2.32 bits per heavy atom. The first-order valence-corrected chi connectivity index (χ1v) is 14.4. The largest absolute Gasteiger partial charge is 0.494 e. The van der Waals surface area contributed by atoms with Crippen LogP contribution >= 0.6 is 0 Å². The highest BCUT2D eigenvalue weighted by molar-refractivity contribution is 5.99. The number of carbonyl (C=O) groups excluding carboxylic acids is 1. The standard InChI is InChI=1S/C32H42N2O4/c1-4-7-18-33(19-8-5-2)20-13-21-34-29(24-14-12-15-25(23-24)37-22-9-6-3)28-30(35)26-16-10-11-17-27(26)38-31(28)32(34)36/h10-12,14-17,23,29H,4-9,13,18-22H2,1-3H3. The van der Waals surface area contributed by atoms with E-state index in [2.05, 4.69) is 25.7 Å². The van der Waals surface area contributed by atoms with Crippen LogP contribution in [0.25, 0.3) is 11.0 Å². The number of ether oxygens (including phenoxy) is 1. The van der Waals surface area contributed by atoms with Gasteiger partial charge in [-0.25, -0.2) is 0 Å². The van der Waals surface area contributed by atoms with E-state index in [0.717, 1.165) is 50.2 Å². The molecule has 2 heterocycles. The maximum atomic E-state index is 13.7. The highest BCUT2D eigenvalue weighted by Crippen LogP contribution is 2.39. The van der Waals surface area contributed by atoms with E-state index >= 15 is 0 Å². The fourth-order valence-corrected chi connectivity index (χ4v) is 5.22. The van der Waals surface area contributed by atoms with Crippen LogP contribution in [0.5, 0.6) is 5.75 Å². The molecule has 0 saturated heterocycles. The van der Waals surface area contributed by atoms with E-state index in [4.69, 9.17) is 9.15 Å². The fraction of sp³-hybridized carbons (Fsp3) is 0.500. The molecule has 0 radical (unpaired) electrons. The van der Waals surface area contributed by atoms with Gasteiger partial charge in [0.1, 0.15) is 11.3 Å². The molecule has 6 heteroatoms. The van der Waals surface area contributed by atoms with Gasteiger partial charge in [0.25, 0.3) is 5.91 Å². The molecule has 1 amide bonds. The smallest absolute Gasteiger partial charge is 0.290 e. The number of rotatable bonds is 15. The Morgan fingerprint density at radius 2 is 1.58 bits per heavy atom. The van der Waals surface area contributed by atoms with Crippen LogP contribution in [0.1, 0.15) is 93.4 Å². The van der Waals surface area contributed by atoms with Crippen LogP contribution in [0.2, 0.25) is 0 Å². The summed E-state index contributed by atoms with van der Waals surface area (Å²) in [5, 5.41) is 0.506. The van der Waals surface area contributed by atoms with Crippen molar-refractivity contribution >= 4 is 16.9 Å². The second-order valence-corrected chi connectivity index (χ2v) is 10.2. The van der Waals surface area contributed by atoms with Crippen molar-refractivity contribution in [2.75, 3.05) is 32.8 Å². The summed E-state index contributed by atoms with van der Waals surface area (Å²) in [5.74, 6) is 0.718. The molecule has 0 aliphatic carbocycles. The lowest BCUT2D eigenvalue weighted by Gasteiger charge is -2.27. The summed E-state index contributed by atoms with van der Waals surface area (Å²) in [6.07, 6.45) is 7.56. The van der Waals surface area contributed by atoms with Crippen LogP contribution in [0, 0.1) is 0 Å². The van der Waals surface area contributed by atoms with Crippen molar-refractivity contribution < 1.29 is 13.9 Å². The van der Waals surface area contributed by atoms with Gasteiger partial charge in [-0.15, -0.1) is 0 Å². The molecule has 1 atom stereocenters. The quantitative estimate of drug-likeness (QED) is 0.207. The molecule has 204 valence electrons. The molecule has 3 aromatic rings. The molecule has 0 fully saturated rings. The van der Waals surface area contributed by atoms with E-state index in [-0.39, 0.29) is 17.1 Å². The van der Waals surface area contributed by atoms with Gasteiger partial charge in [-0.3, -0.25) is 9.59 Å². The van der Waals surface area contributed by atoms with Gasteiger partial charge in [0.15, 0.2) is 5.43 Å². The van der Waals surface area contributed by atoms with Gasteiger partial charge in [-0.05, 0) is 75.1 Å². The Labute approximate surface area is 226 Å². The summed E-state index contributed by atoms with van der Waals surface area (Å²) < 4.78 is 12.1. The average molecular weight is 519 g/mol. The lowest BCUT2D eigenvalue weighted by atomic mass is 9.98. The highest BCUT2D eigenvalue weighted by Gasteiger charge is 2.42. The molecule has 1 aliphatic rings. The third kappa shape index (κ3) is 6.29. The molecule has 0 saturated carbocycles. The number of fused-ring (bicyclic) bond motifs is 2. The monoisotopic (exact) mass is 518 g/mol. The summed E-state index contributed by atoms with van der Waals surface area (Å²) in [5.41, 5.74) is 1.63. The van der Waals surface area contributed by atoms with Crippen molar-refractivity contribution in [3.05, 3.63) is 75.6 Å². The van der Waals surface area contributed by atoms with Gasteiger partial charge in [0.2, 0.25) is 5.76 Å². The molecular weight excluding hydrogens is 476 g/mol. The summed E-state index contributed by atoms with van der Waals surface area (Å²) in [7, 11) is 0. The number of para-hydroxylation sites is 1. The van der Waals surface area contributed by atoms with Crippen LogP contribution in [0.3, 0.4) is 0 Å². The zero-order valence-corrected chi connectivity index (χ0v) is 23.2. The van der Waals surface area contributed by atoms with Gasteiger partial charge in [-0.2, -0.15) is 0 Å². The molecule has 2 aromatic carbocycles. The number of carbonyl (C=O) groups is 1. The molecule has 1 aromatic heterocycles. The topological polar surface area (TPSA) is 63.0 Å². The molecule has 6 nitrogen and oxygen atoms in total. The first kappa shape index (κ1) is 27.9. The van der Waals surface area contributed by atoms with E-state index in [9.17, 15) is 9.59 Å². The van der Waals surface area contributed by atoms with Gasteiger partial charge in [0, 0.05) is 6.54 Å². The van der Waals surface area contributed by atoms with Crippen LogP contribution in [-0.4, -0.2) is 48.5 Å². The Morgan fingerprint density at radius 1 is 0.868 bits per heavy atom. The molecule has 38 heavy (non-hydrogen) atoms. The summed E-state index contributed by atoms with van der Waals surface area (Å²) in [6, 6.07) is 14.5. The minimum atomic E-state index is -0.493. The van der Waals surface area contributed by atoms with Crippen molar-refractivity contribution in [3.63, 3.8) is 0 Å². The number of amides is 1. The molecule has 0 bridgehead atoms. The Hall–Kier alpha value is -3.12. The number of unbranched alkanes of at least 4 members (excludes halogenated alkanes) is 3. The summed E-state index contributed by atoms with van der Waals surface area (Å²) in [6.45, 7) is 10.9. The SMILES string of the molecule is CCCCOc1cccc(C2c3c(oc4ccccc4c3=O)C(=O)N2CCCN(CCCC)CCCC)c1. The van der Waals surface area contributed by atoms with Gasteiger partial charge >= 0.3 is 0 Å². The molecule has 0 spiro atoms. The molecule has 0 N–H and O–H groups in total. The number of benzene rings is 2. The predicted molar refractivity (Wildman–Crippen MR) is 153 cm³/mol. The van der Waals surface area contributed by atoms with E-state index in [0.29, 0.717) is 29.7 Å². The normalized spacial score (nSPS) is 15.0. The maximum absolute atomic E-state index is 13.7. The summed E-state index contributed by atoms with van der Waals surface area (Å²) >= 11 is 0. The fourth-order valence-electron chi connectivity index (χ4n) is 5.22. The van der Waals surface area contributed by atoms with E-state index < -0.39 is 6.04 Å². The van der Waals surface area contributed by atoms with Crippen molar-refractivity contribution in [2.24, 2.45) is 0 Å². The highest BCUT2D eigenvalue weighted by atomic mass is 16.5. The van der Waals surface area contributed by atoms with Crippen molar-refractivity contribution in [2.45, 2.75) is 71.8 Å². The van der Waals surface area contributed by atoms with E-state index in [1.165, 1.54) is 25.7 Å². The van der Waals surface area contributed by atoms with Crippen LogP contribution < -0.4 is 10.2 Å². The van der Waals surface area contributed by atoms with Crippen LogP contribution in [-0.2, 0) is 0 Å². The average Bonchev–Trinajstić information content (AvgIpc) is 3.22. The molecule has 1 aliphatic heterocycles. The minimum Gasteiger partial charge on any atom is -0.494 e. The number of nitrogens with zero attached hydrogens (tertiary/aromatic N) is 2. The lowest BCUT2D eigenvalue weighted by molar-refractivity contribution is 0.0719. The zero-order valence-electron chi connectivity index (χ0n) is 23.2. The Kier molecular flexibility index (Phi) is 9.99. The number of hydrogen-bond acceptors (Lipinski definition) is 5. The third-order valence-corrected chi connectivity index (χ3v) is 7.34.